The zero-order valence-electron chi connectivity index (χ0n) is 12.1. The molecule has 1 aliphatic rings. The summed E-state index contributed by atoms with van der Waals surface area (Å²) in [6.07, 6.45) is 6.19. The summed E-state index contributed by atoms with van der Waals surface area (Å²) in [4.78, 5) is 2.31. The number of benzene rings is 1. The van der Waals surface area contributed by atoms with Crippen LogP contribution >= 0.6 is 0 Å². The van der Waals surface area contributed by atoms with Gasteiger partial charge in [-0.05, 0) is 25.5 Å². The normalized spacial score (nSPS) is 18.4. The van der Waals surface area contributed by atoms with Crippen LogP contribution in [0.3, 0.4) is 0 Å². The minimum Gasteiger partial charge on any atom is -0.323 e. The molecule has 1 fully saturated rings. The fourth-order valence-electron chi connectivity index (χ4n) is 3.14. The van der Waals surface area contributed by atoms with Crippen molar-refractivity contribution in [3.8, 4) is 0 Å². The maximum Gasteiger partial charge on any atom is 0.163 e. The van der Waals surface area contributed by atoms with E-state index in [9.17, 15) is 8.78 Å². The number of likely N-dealkylation sites (N-methyl/N-ethyl adjacent to an activating group) is 1. The quantitative estimate of drug-likeness (QED) is 0.893. The number of hydrogen-bond donors (Lipinski definition) is 1. The lowest BCUT2D eigenvalue weighted by atomic mass is 9.93. The van der Waals surface area contributed by atoms with Crippen LogP contribution in [-0.4, -0.2) is 24.0 Å². The predicted octanol–water partition coefficient (Wildman–Crippen LogP) is 3.62. The highest BCUT2D eigenvalue weighted by molar-refractivity contribution is 5.22. The van der Waals surface area contributed by atoms with Crippen molar-refractivity contribution in [2.45, 2.75) is 51.1 Å². The summed E-state index contributed by atoms with van der Waals surface area (Å²) in [5.41, 5.74) is 6.38. The van der Waals surface area contributed by atoms with Gasteiger partial charge < -0.3 is 5.73 Å². The third-order valence-electron chi connectivity index (χ3n) is 4.31. The van der Waals surface area contributed by atoms with E-state index in [-0.39, 0.29) is 5.56 Å². The summed E-state index contributed by atoms with van der Waals surface area (Å²) >= 11 is 0. The standard InChI is InChI=1S/C16H24F2N2/c1-2-20(12-7-4-3-5-8-12)11-15(19)13-9-6-10-14(17)16(13)18/h6,9-10,12,15H,2-5,7-8,11,19H2,1H3. The van der Waals surface area contributed by atoms with Crippen molar-refractivity contribution >= 4 is 0 Å². The molecular formula is C16H24F2N2. The van der Waals surface area contributed by atoms with Gasteiger partial charge in [0.25, 0.3) is 0 Å². The lowest BCUT2D eigenvalue weighted by Crippen LogP contribution is -2.41. The molecular weight excluding hydrogens is 258 g/mol. The fraction of sp³-hybridized carbons (Fsp3) is 0.625. The van der Waals surface area contributed by atoms with Crippen LogP contribution in [0.1, 0.15) is 50.6 Å². The van der Waals surface area contributed by atoms with Gasteiger partial charge in [-0.3, -0.25) is 4.90 Å². The molecule has 1 aliphatic carbocycles. The highest BCUT2D eigenvalue weighted by atomic mass is 19.2. The number of halogens is 2. The number of rotatable bonds is 5. The lowest BCUT2D eigenvalue weighted by molar-refractivity contribution is 0.154. The first kappa shape index (κ1) is 15.4. The second-order valence-corrected chi connectivity index (χ2v) is 5.63. The minimum atomic E-state index is -0.821. The van der Waals surface area contributed by atoms with E-state index in [0.717, 1.165) is 12.6 Å². The second-order valence-electron chi connectivity index (χ2n) is 5.63. The summed E-state index contributed by atoms with van der Waals surface area (Å²) in [6.45, 7) is 3.58. The Morgan fingerprint density at radius 3 is 2.60 bits per heavy atom. The van der Waals surface area contributed by atoms with E-state index < -0.39 is 17.7 Å². The zero-order valence-corrected chi connectivity index (χ0v) is 12.1. The van der Waals surface area contributed by atoms with Crippen LogP contribution in [0.2, 0.25) is 0 Å². The van der Waals surface area contributed by atoms with Crippen LogP contribution < -0.4 is 5.73 Å². The number of nitrogens with two attached hydrogens (primary N) is 1. The molecule has 1 aromatic carbocycles. The molecule has 1 aromatic rings. The van der Waals surface area contributed by atoms with Crippen molar-refractivity contribution in [2.75, 3.05) is 13.1 Å². The van der Waals surface area contributed by atoms with Gasteiger partial charge in [0.15, 0.2) is 11.6 Å². The van der Waals surface area contributed by atoms with Gasteiger partial charge in [-0.25, -0.2) is 8.78 Å². The van der Waals surface area contributed by atoms with Crippen molar-refractivity contribution in [2.24, 2.45) is 5.73 Å². The summed E-state index contributed by atoms with van der Waals surface area (Å²) in [6, 6.07) is 4.29. The van der Waals surface area contributed by atoms with Gasteiger partial charge in [-0.1, -0.05) is 38.3 Å². The second kappa shape index (κ2) is 7.14. The van der Waals surface area contributed by atoms with Gasteiger partial charge in [0.2, 0.25) is 0 Å². The van der Waals surface area contributed by atoms with E-state index in [4.69, 9.17) is 5.73 Å². The summed E-state index contributed by atoms with van der Waals surface area (Å²) in [5.74, 6) is -1.63. The molecule has 4 heteroatoms. The van der Waals surface area contributed by atoms with E-state index >= 15 is 0 Å². The molecule has 1 saturated carbocycles. The third-order valence-corrected chi connectivity index (χ3v) is 4.31. The smallest absolute Gasteiger partial charge is 0.163 e. The topological polar surface area (TPSA) is 29.3 Å². The SMILES string of the molecule is CCN(CC(N)c1cccc(F)c1F)C1CCCCC1. The van der Waals surface area contributed by atoms with Crippen LogP contribution in [0.5, 0.6) is 0 Å². The van der Waals surface area contributed by atoms with E-state index in [1.165, 1.54) is 38.2 Å². The van der Waals surface area contributed by atoms with Crippen LogP contribution in [0.4, 0.5) is 8.78 Å². The van der Waals surface area contributed by atoms with Crippen LogP contribution in [0, 0.1) is 11.6 Å². The Morgan fingerprint density at radius 1 is 1.25 bits per heavy atom. The fourth-order valence-corrected chi connectivity index (χ4v) is 3.14. The van der Waals surface area contributed by atoms with Gasteiger partial charge in [-0.15, -0.1) is 0 Å². The first-order valence-corrected chi connectivity index (χ1v) is 7.57. The molecule has 1 atom stereocenters. The Balaban J connectivity index is 2.04. The Morgan fingerprint density at radius 2 is 1.95 bits per heavy atom. The van der Waals surface area contributed by atoms with Gasteiger partial charge in [0.1, 0.15) is 0 Å². The molecule has 0 amide bonds. The number of hydrogen-bond acceptors (Lipinski definition) is 2. The predicted molar refractivity (Wildman–Crippen MR) is 77.4 cm³/mol. The molecule has 20 heavy (non-hydrogen) atoms. The highest BCUT2D eigenvalue weighted by Gasteiger charge is 2.23. The zero-order chi connectivity index (χ0) is 14.5. The maximum atomic E-state index is 13.8. The van der Waals surface area contributed by atoms with Crippen LogP contribution in [-0.2, 0) is 0 Å². The minimum absolute atomic E-state index is 0.277. The average molecular weight is 282 g/mol. The molecule has 0 heterocycles. The molecule has 0 radical (unpaired) electrons. The molecule has 0 saturated heterocycles. The Hall–Kier alpha value is -1.00. The average Bonchev–Trinajstić information content (AvgIpc) is 2.48. The lowest BCUT2D eigenvalue weighted by Gasteiger charge is -2.35. The Bertz CT molecular complexity index is 430. The Labute approximate surface area is 120 Å². The molecule has 2 N–H and O–H groups in total. The molecule has 1 unspecified atom stereocenters. The molecule has 2 rings (SSSR count). The molecule has 0 bridgehead atoms. The molecule has 0 spiro atoms. The van der Waals surface area contributed by atoms with Crippen molar-refractivity contribution in [1.29, 1.82) is 0 Å². The van der Waals surface area contributed by atoms with E-state index in [1.54, 1.807) is 6.07 Å². The van der Waals surface area contributed by atoms with E-state index in [2.05, 4.69) is 11.8 Å². The van der Waals surface area contributed by atoms with Crippen molar-refractivity contribution in [3.05, 3.63) is 35.4 Å². The van der Waals surface area contributed by atoms with E-state index in [0.29, 0.717) is 12.6 Å². The first-order valence-electron chi connectivity index (χ1n) is 7.57. The Kier molecular flexibility index (Phi) is 5.49. The molecule has 112 valence electrons. The third kappa shape index (κ3) is 3.55. The first-order chi connectivity index (χ1) is 9.63. The van der Waals surface area contributed by atoms with E-state index in [1.807, 2.05) is 0 Å². The van der Waals surface area contributed by atoms with Crippen molar-refractivity contribution in [1.82, 2.24) is 4.90 Å². The maximum absolute atomic E-state index is 13.8. The van der Waals surface area contributed by atoms with Gasteiger partial charge in [0, 0.05) is 24.2 Å². The molecule has 0 aliphatic heterocycles. The summed E-state index contributed by atoms with van der Waals surface area (Å²) in [7, 11) is 0. The van der Waals surface area contributed by atoms with Crippen LogP contribution in [0.15, 0.2) is 18.2 Å². The monoisotopic (exact) mass is 282 g/mol. The number of nitrogens with zero attached hydrogens (tertiary/aromatic N) is 1. The molecule has 2 nitrogen and oxygen atoms in total. The highest BCUT2D eigenvalue weighted by Crippen LogP contribution is 2.25. The van der Waals surface area contributed by atoms with Gasteiger partial charge >= 0.3 is 0 Å². The van der Waals surface area contributed by atoms with Gasteiger partial charge in [0.05, 0.1) is 0 Å². The van der Waals surface area contributed by atoms with Crippen molar-refractivity contribution in [3.63, 3.8) is 0 Å². The largest absolute Gasteiger partial charge is 0.323 e. The summed E-state index contributed by atoms with van der Waals surface area (Å²) in [5, 5.41) is 0. The van der Waals surface area contributed by atoms with Gasteiger partial charge in [-0.2, -0.15) is 0 Å². The van der Waals surface area contributed by atoms with Crippen LogP contribution in [0.25, 0.3) is 0 Å². The summed E-state index contributed by atoms with van der Waals surface area (Å²) < 4.78 is 27.0. The molecule has 0 aromatic heterocycles. The van der Waals surface area contributed by atoms with Crippen molar-refractivity contribution < 1.29 is 8.78 Å².